The molecule has 7 heteroatoms. The lowest BCUT2D eigenvalue weighted by Gasteiger charge is -2.06. The number of ether oxygens (including phenoxy) is 1. The molecule has 2 amide bonds. The number of nitrogens with one attached hydrogen (secondary N) is 2. The molecule has 116 valence electrons. The molecular weight excluding hydrogens is 286 g/mol. The first-order valence-corrected chi connectivity index (χ1v) is 6.74. The molecule has 22 heavy (non-hydrogen) atoms. The van der Waals surface area contributed by atoms with Crippen LogP contribution >= 0.6 is 0 Å². The molecule has 2 rings (SSSR count). The second-order valence-corrected chi connectivity index (χ2v) is 4.65. The van der Waals surface area contributed by atoms with E-state index in [-0.39, 0.29) is 24.7 Å². The lowest BCUT2D eigenvalue weighted by Crippen LogP contribution is -2.17. The zero-order valence-electron chi connectivity index (χ0n) is 12.4. The van der Waals surface area contributed by atoms with Gasteiger partial charge in [0.1, 0.15) is 11.5 Å². The Balaban J connectivity index is 1.75. The largest absolute Gasteiger partial charge is 0.497 e. The van der Waals surface area contributed by atoms with Crippen LogP contribution in [0, 0.1) is 6.92 Å². The summed E-state index contributed by atoms with van der Waals surface area (Å²) in [6.07, 6.45) is 0.141. The van der Waals surface area contributed by atoms with Gasteiger partial charge in [0.05, 0.1) is 7.11 Å². The number of aryl methyl sites for hydroxylation is 1. The third-order valence-electron chi connectivity index (χ3n) is 2.85. The Labute approximate surface area is 127 Å². The molecule has 1 aromatic carbocycles. The minimum atomic E-state index is -0.293. The van der Waals surface area contributed by atoms with Gasteiger partial charge in [0.25, 0.3) is 0 Å². The van der Waals surface area contributed by atoms with E-state index in [9.17, 15) is 9.59 Å². The Kier molecular flexibility index (Phi) is 5.13. The van der Waals surface area contributed by atoms with Gasteiger partial charge in [0.15, 0.2) is 5.82 Å². The number of hydrogen-bond acceptors (Lipinski definition) is 5. The predicted octanol–water partition coefficient (Wildman–Crippen LogP) is 2.35. The zero-order chi connectivity index (χ0) is 15.9. The highest BCUT2D eigenvalue weighted by Crippen LogP contribution is 2.15. The zero-order valence-corrected chi connectivity index (χ0v) is 12.4. The molecule has 2 N–H and O–H groups in total. The van der Waals surface area contributed by atoms with Gasteiger partial charge in [-0.2, -0.15) is 0 Å². The fourth-order valence-corrected chi connectivity index (χ4v) is 1.76. The van der Waals surface area contributed by atoms with Crippen molar-refractivity contribution in [1.29, 1.82) is 0 Å². The van der Waals surface area contributed by atoms with Crippen LogP contribution in [0.1, 0.15) is 18.6 Å². The normalized spacial score (nSPS) is 10.1. The van der Waals surface area contributed by atoms with E-state index in [0.717, 1.165) is 0 Å². The van der Waals surface area contributed by atoms with Crippen molar-refractivity contribution in [3.8, 4) is 5.75 Å². The first-order valence-electron chi connectivity index (χ1n) is 6.74. The standard InChI is InChI=1S/C15H17N3O4/c1-10-9-13(18-22-10)17-15(20)8-7-14(19)16-11-3-5-12(21-2)6-4-11/h3-6,9H,7-8H2,1-2H3,(H,16,19)(H,17,18,20). The number of carbonyl (C=O) groups excluding carboxylic acids is 2. The SMILES string of the molecule is COc1ccc(NC(=O)CCC(=O)Nc2cc(C)on2)cc1. The molecule has 0 fully saturated rings. The molecule has 0 aliphatic carbocycles. The van der Waals surface area contributed by atoms with Crippen LogP contribution in [0.25, 0.3) is 0 Å². The predicted molar refractivity (Wildman–Crippen MR) is 80.7 cm³/mol. The van der Waals surface area contributed by atoms with Gasteiger partial charge < -0.3 is 19.9 Å². The van der Waals surface area contributed by atoms with Crippen molar-refractivity contribution in [1.82, 2.24) is 5.16 Å². The van der Waals surface area contributed by atoms with Crippen molar-refractivity contribution in [2.24, 2.45) is 0 Å². The van der Waals surface area contributed by atoms with E-state index in [1.807, 2.05) is 0 Å². The van der Waals surface area contributed by atoms with Gasteiger partial charge in [-0.15, -0.1) is 0 Å². The second kappa shape index (κ2) is 7.26. The Morgan fingerprint density at radius 2 is 1.77 bits per heavy atom. The summed E-state index contributed by atoms with van der Waals surface area (Å²) in [5, 5.41) is 8.91. The number of aromatic nitrogens is 1. The van der Waals surface area contributed by atoms with E-state index >= 15 is 0 Å². The molecule has 0 radical (unpaired) electrons. The third kappa shape index (κ3) is 4.62. The van der Waals surface area contributed by atoms with Crippen LogP contribution in [-0.2, 0) is 9.59 Å². The first kappa shape index (κ1) is 15.6. The van der Waals surface area contributed by atoms with E-state index in [1.165, 1.54) is 0 Å². The van der Waals surface area contributed by atoms with E-state index in [1.54, 1.807) is 44.4 Å². The van der Waals surface area contributed by atoms with Gasteiger partial charge >= 0.3 is 0 Å². The second-order valence-electron chi connectivity index (χ2n) is 4.65. The Bertz CT molecular complexity index is 649. The summed E-state index contributed by atoms with van der Waals surface area (Å²) < 4.78 is 9.87. The van der Waals surface area contributed by atoms with E-state index in [4.69, 9.17) is 9.26 Å². The number of amides is 2. The Morgan fingerprint density at radius 1 is 1.14 bits per heavy atom. The van der Waals surface area contributed by atoms with Crippen molar-refractivity contribution in [3.63, 3.8) is 0 Å². The van der Waals surface area contributed by atoms with Crippen molar-refractivity contribution >= 4 is 23.3 Å². The van der Waals surface area contributed by atoms with Crippen molar-refractivity contribution in [2.45, 2.75) is 19.8 Å². The van der Waals surface area contributed by atoms with Crippen LogP contribution < -0.4 is 15.4 Å². The van der Waals surface area contributed by atoms with Crippen LogP contribution in [0.2, 0.25) is 0 Å². The summed E-state index contributed by atoms with van der Waals surface area (Å²) in [6.45, 7) is 1.73. The lowest BCUT2D eigenvalue weighted by molar-refractivity contribution is -0.121. The minimum absolute atomic E-state index is 0.0634. The average Bonchev–Trinajstić information content (AvgIpc) is 2.91. The number of hydrogen-bond donors (Lipinski definition) is 2. The van der Waals surface area contributed by atoms with Crippen molar-refractivity contribution in [3.05, 3.63) is 36.1 Å². The van der Waals surface area contributed by atoms with Gasteiger partial charge in [-0.25, -0.2) is 0 Å². The molecule has 0 saturated carbocycles. The minimum Gasteiger partial charge on any atom is -0.497 e. The number of carbonyl (C=O) groups is 2. The molecule has 0 spiro atoms. The summed E-state index contributed by atoms with van der Waals surface area (Å²) in [6, 6.07) is 8.56. The summed E-state index contributed by atoms with van der Waals surface area (Å²) >= 11 is 0. The van der Waals surface area contributed by atoms with Gasteiger partial charge in [-0.3, -0.25) is 9.59 Å². The van der Waals surface area contributed by atoms with Gasteiger partial charge in [0, 0.05) is 24.6 Å². The Morgan fingerprint density at radius 3 is 2.32 bits per heavy atom. The molecule has 1 aromatic heterocycles. The van der Waals surface area contributed by atoms with Gasteiger partial charge in [0.2, 0.25) is 11.8 Å². The maximum Gasteiger partial charge on any atom is 0.226 e. The fraction of sp³-hybridized carbons (Fsp3) is 0.267. The number of rotatable bonds is 6. The average molecular weight is 303 g/mol. The molecule has 0 bridgehead atoms. The monoisotopic (exact) mass is 303 g/mol. The van der Waals surface area contributed by atoms with E-state index in [0.29, 0.717) is 23.0 Å². The summed E-state index contributed by atoms with van der Waals surface area (Å²) in [5.41, 5.74) is 0.651. The number of nitrogens with zero attached hydrogens (tertiary/aromatic N) is 1. The smallest absolute Gasteiger partial charge is 0.226 e. The van der Waals surface area contributed by atoms with Gasteiger partial charge in [-0.05, 0) is 31.2 Å². The molecule has 0 aliphatic rings. The molecule has 0 saturated heterocycles. The highest BCUT2D eigenvalue weighted by molar-refractivity contribution is 5.96. The number of benzene rings is 1. The van der Waals surface area contributed by atoms with Crippen LogP contribution in [-0.4, -0.2) is 24.1 Å². The molecule has 7 nitrogen and oxygen atoms in total. The van der Waals surface area contributed by atoms with Crippen LogP contribution in [0.4, 0.5) is 11.5 Å². The summed E-state index contributed by atoms with van der Waals surface area (Å²) in [4.78, 5) is 23.4. The highest BCUT2D eigenvalue weighted by atomic mass is 16.5. The Hall–Kier alpha value is -2.83. The maximum atomic E-state index is 11.8. The van der Waals surface area contributed by atoms with Crippen LogP contribution in [0.3, 0.4) is 0 Å². The number of methoxy groups -OCH3 is 1. The van der Waals surface area contributed by atoms with Gasteiger partial charge in [-0.1, -0.05) is 5.16 Å². The quantitative estimate of drug-likeness (QED) is 0.854. The van der Waals surface area contributed by atoms with Crippen LogP contribution in [0.15, 0.2) is 34.9 Å². The first-order chi connectivity index (χ1) is 10.6. The fourth-order valence-electron chi connectivity index (χ4n) is 1.76. The molecular formula is C15H17N3O4. The molecule has 0 atom stereocenters. The number of anilines is 2. The van der Waals surface area contributed by atoms with E-state index < -0.39 is 0 Å². The summed E-state index contributed by atoms with van der Waals surface area (Å²) in [7, 11) is 1.57. The third-order valence-corrected chi connectivity index (χ3v) is 2.85. The maximum absolute atomic E-state index is 11.8. The van der Waals surface area contributed by atoms with Crippen molar-refractivity contribution in [2.75, 3.05) is 17.7 Å². The summed E-state index contributed by atoms with van der Waals surface area (Å²) in [5.74, 6) is 1.13. The molecule has 1 heterocycles. The van der Waals surface area contributed by atoms with E-state index in [2.05, 4.69) is 15.8 Å². The van der Waals surface area contributed by atoms with Crippen LogP contribution in [0.5, 0.6) is 5.75 Å². The topological polar surface area (TPSA) is 93.5 Å². The lowest BCUT2D eigenvalue weighted by atomic mass is 10.2. The molecule has 0 unspecified atom stereocenters. The van der Waals surface area contributed by atoms with Crippen molar-refractivity contribution < 1.29 is 18.8 Å². The highest BCUT2D eigenvalue weighted by Gasteiger charge is 2.09. The molecule has 2 aromatic rings. The molecule has 0 aliphatic heterocycles.